The zero-order valence-electron chi connectivity index (χ0n) is 12.6. The van der Waals surface area contributed by atoms with Crippen LogP contribution in [0.25, 0.3) is 0 Å². The number of nitrogens with zero attached hydrogens (tertiary/aromatic N) is 3. The molecule has 1 atom stereocenters. The lowest BCUT2D eigenvalue weighted by Crippen LogP contribution is -2.44. The Morgan fingerprint density at radius 3 is 2.71 bits per heavy atom. The van der Waals surface area contributed by atoms with Crippen LogP contribution in [-0.4, -0.2) is 39.0 Å². The molecule has 1 rings (SSSR count). The van der Waals surface area contributed by atoms with Crippen LogP contribution in [0, 0.1) is 10.1 Å². The molecule has 1 aromatic rings. The first-order chi connectivity index (χ1) is 9.64. The number of carbonyl (C=O) groups excluding carboxylic acids is 1. The SMILES string of the molecule is Cn1ncc([N+](=O)[O-])c1CC(CN)NC(=O)OC(C)(C)C. The maximum atomic E-state index is 11.7. The molecule has 0 fully saturated rings. The number of hydrogen-bond acceptors (Lipinski definition) is 6. The molecule has 118 valence electrons. The van der Waals surface area contributed by atoms with Gasteiger partial charge in [-0.15, -0.1) is 0 Å². The number of nitrogens with one attached hydrogen (secondary N) is 1. The van der Waals surface area contributed by atoms with Crippen LogP contribution in [-0.2, 0) is 18.2 Å². The van der Waals surface area contributed by atoms with Crippen LogP contribution < -0.4 is 11.1 Å². The number of amides is 1. The molecular formula is C12H21N5O4. The molecule has 0 aliphatic carbocycles. The Kier molecular flexibility index (Phi) is 5.25. The minimum atomic E-state index is -0.623. The van der Waals surface area contributed by atoms with Crippen molar-refractivity contribution >= 4 is 11.8 Å². The molecular weight excluding hydrogens is 278 g/mol. The zero-order valence-corrected chi connectivity index (χ0v) is 12.6. The summed E-state index contributed by atoms with van der Waals surface area (Å²) < 4.78 is 6.54. The minimum Gasteiger partial charge on any atom is -0.444 e. The molecule has 0 radical (unpaired) electrons. The Labute approximate surface area is 122 Å². The van der Waals surface area contributed by atoms with Crippen molar-refractivity contribution in [3.8, 4) is 0 Å². The monoisotopic (exact) mass is 299 g/mol. The molecule has 0 aliphatic rings. The van der Waals surface area contributed by atoms with E-state index in [1.54, 1.807) is 27.8 Å². The van der Waals surface area contributed by atoms with Crippen LogP contribution in [0.2, 0.25) is 0 Å². The molecule has 1 unspecified atom stereocenters. The fourth-order valence-electron chi connectivity index (χ4n) is 1.74. The van der Waals surface area contributed by atoms with Crippen molar-refractivity contribution in [1.82, 2.24) is 15.1 Å². The summed E-state index contributed by atoms with van der Waals surface area (Å²) in [5.41, 5.74) is 5.28. The van der Waals surface area contributed by atoms with Crippen LogP contribution in [0.1, 0.15) is 26.5 Å². The molecule has 9 heteroatoms. The highest BCUT2D eigenvalue weighted by molar-refractivity contribution is 5.68. The van der Waals surface area contributed by atoms with Crippen molar-refractivity contribution in [3.05, 3.63) is 22.0 Å². The average molecular weight is 299 g/mol. The summed E-state index contributed by atoms with van der Waals surface area (Å²) in [7, 11) is 1.60. The third-order valence-electron chi connectivity index (χ3n) is 2.68. The molecule has 1 amide bonds. The summed E-state index contributed by atoms with van der Waals surface area (Å²) in [5.74, 6) is 0. The summed E-state index contributed by atoms with van der Waals surface area (Å²) in [6.07, 6.45) is 0.765. The highest BCUT2D eigenvalue weighted by Crippen LogP contribution is 2.18. The Bertz CT molecular complexity index is 520. The third kappa shape index (κ3) is 5.03. The normalized spacial score (nSPS) is 12.8. The Hall–Kier alpha value is -2.16. The number of nitro groups is 1. The largest absolute Gasteiger partial charge is 0.444 e. The summed E-state index contributed by atoms with van der Waals surface area (Å²) >= 11 is 0. The predicted octanol–water partition coefficient (Wildman–Crippen LogP) is 0.723. The van der Waals surface area contributed by atoms with Gasteiger partial charge < -0.3 is 15.8 Å². The lowest BCUT2D eigenvalue weighted by atomic mass is 10.1. The van der Waals surface area contributed by atoms with Gasteiger partial charge in [0.15, 0.2) is 0 Å². The lowest BCUT2D eigenvalue weighted by molar-refractivity contribution is -0.385. The predicted molar refractivity (Wildman–Crippen MR) is 75.8 cm³/mol. The van der Waals surface area contributed by atoms with Crippen molar-refractivity contribution in [2.75, 3.05) is 6.54 Å². The molecule has 0 saturated heterocycles. The molecule has 0 aliphatic heterocycles. The Balaban J connectivity index is 2.77. The summed E-state index contributed by atoms with van der Waals surface area (Å²) in [4.78, 5) is 22.1. The maximum Gasteiger partial charge on any atom is 0.407 e. The highest BCUT2D eigenvalue weighted by Gasteiger charge is 2.24. The number of alkyl carbamates (subject to hydrolysis) is 1. The van der Waals surface area contributed by atoms with Gasteiger partial charge in [-0.2, -0.15) is 5.10 Å². The van der Waals surface area contributed by atoms with E-state index in [4.69, 9.17) is 10.5 Å². The molecule has 0 saturated carbocycles. The fourth-order valence-corrected chi connectivity index (χ4v) is 1.74. The third-order valence-corrected chi connectivity index (χ3v) is 2.68. The van der Waals surface area contributed by atoms with Gasteiger partial charge in [0, 0.05) is 20.0 Å². The molecule has 9 nitrogen and oxygen atoms in total. The number of aromatic nitrogens is 2. The van der Waals surface area contributed by atoms with E-state index >= 15 is 0 Å². The highest BCUT2D eigenvalue weighted by atomic mass is 16.6. The van der Waals surface area contributed by atoms with Gasteiger partial charge in [-0.05, 0) is 20.8 Å². The van der Waals surface area contributed by atoms with Crippen LogP contribution in [0.3, 0.4) is 0 Å². The lowest BCUT2D eigenvalue weighted by Gasteiger charge is -2.22. The van der Waals surface area contributed by atoms with E-state index in [1.807, 2.05) is 0 Å². The number of carbonyl (C=O) groups is 1. The summed E-state index contributed by atoms with van der Waals surface area (Å²) in [6, 6.07) is -0.478. The Morgan fingerprint density at radius 2 is 2.24 bits per heavy atom. The van der Waals surface area contributed by atoms with Crippen LogP contribution in [0.4, 0.5) is 10.5 Å². The van der Waals surface area contributed by atoms with E-state index in [0.29, 0.717) is 5.69 Å². The van der Waals surface area contributed by atoms with Gasteiger partial charge in [-0.25, -0.2) is 4.79 Å². The second-order valence-electron chi connectivity index (χ2n) is 5.64. The van der Waals surface area contributed by atoms with Crippen molar-refractivity contribution in [2.24, 2.45) is 12.8 Å². The quantitative estimate of drug-likeness (QED) is 0.609. The van der Waals surface area contributed by atoms with Crippen LogP contribution in [0.15, 0.2) is 6.20 Å². The zero-order chi connectivity index (χ0) is 16.2. The Morgan fingerprint density at radius 1 is 1.62 bits per heavy atom. The van der Waals surface area contributed by atoms with Gasteiger partial charge in [-0.1, -0.05) is 0 Å². The first kappa shape index (κ1) is 16.9. The van der Waals surface area contributed by atoms with E-state index in [-0.39, 0.29) is 18.7 Å². The first-order valence-corrected chi connectivity index (χ1v) is 6.49. The molecule has 1 heterocycles. The van der Waals surface area contributed by atoms with Gasteiger partial charge >= 0.3 is 11.8 Å². The van der Waals surface area contributed by atoms with Gasteiger partial charge in [0.05, 0.1) is 11.0 Å². The topological polar surface area (TPSA) is 125 Å². The average Bonchev–Trinajstić information content (AvgIpc) is 2.67. The van der Waals surface area contributed by atoms with Crippen molar-refractivity contribution in [2.45, 2.75) is 38.8 Å². The molecule has 21 heavy (non-hydrogen) atoms. The van der Waals surface area contributed by atoms with E-state index in [1.165, 1.54) is 10.9 Å². The van der Waals surface area contributed by atoms with Gasteiger partial charge in [0.25, 0.3) is 0 Å². The summed E-state index contributed by atoms with van der Waals surface area (Å²) in [6.45, 7) is 5.36. The number of ether oxygens (including phenoxy) is 1. The van der Waals surface area contributed by atoms with Gasteiger partial charge in [0.1, 0.15) is 17.5 Å². The number of hydrogen-bond donors (Lipinski definition) is 2. The van der Waals surface area contributed by atoms with Gasteiger partial charge in [-0.3, -0.25) is 14.8 Å². The second kappa shape index (κ2) is 6.53. The number of aryl methyl sites for hydroxylation is 1. The van der Waals surface area contributed by atoms with Crippen molar-refractivity contribution in [1.29, 1.82) is 0 Å². The molecule has 1 aromatic heterocycles. The molecule has 0 spiro atoms. The minimum absolute atomic E-state index is 0.0954. The number of rotatable bonds is 5. The smallest absolute Gasteiger partial charge is 0.407 e. The van der Waals surface area contributed by atoms with E-state index in [9.17, 15) is 14.9 Å². The van der Waals surface area contributed by atoms with E-state index in [0.717, 1.165) is 0 Å². The number of nitrogens with two attached hydrogens (primary N) is 1. The fraction of sp³-hybridized carbons (Fsp3) is 0.667. The van der Waals surface area contributed by atoms with Crippen molar-refractivity contribution < 1.29 is 14.5 Å². The standard InChI is InChI=1S/C12H21N5O4/c1-12(2,3)21-11(18)15-8(6-13)5-9-10(17(19)20)7-14-16(9)4/h7-8H,5-6,13H2,1-4H3,(H,15,18). The van der Waals surface area contributed by atoms with Crippen LogP contribution >= 0.6 is 0 Å². The molecule has 3 N–H and O–H groups in total. The van der Waals surface area contributed by atoms with E-state index in [2.05, 4.69) is 10.4 Å². The van der Waals surface area contributed by atoms with Gasteiger partial charge in [0.2, 0.25) is 0 Å². The maximum absolute atomic E-state index is 11.7. The molecule has 0 bridgehead atoms. The van der Waals surface area contributed by atoms with Crippen molar-refractivity contribution in [3.63, 3.8) is 0 Å². The summed E-state index contributed by atoms with van der Waals surface area (Å²) in [5, 5.41) is 17.4. The first-order valence-electron chi connectivity index (χ1n) is 6.49. The second-order valence-corrected chi connectivity index (χ2v) is 5.64. The molecule has 0 aromatic carbocycles. The van der Waals surface area contributed by atoms with E-state index < -0.39 is 22.7 Å². The van der Waals surface area contributed by atoms with Crippen LogP contribution in [0.5, 0.6) is 0 Å².